The van der Waals surface area contributed by atoms with E-state index in [1.54, 1.807) is 12.3 Å². The number of hydrogen-bond acceptors (Lipinski definition) is 6. The highest BCUT2D eigenvalue weighted by molar-refractivity contribution is 7.99. The van der Waals surface area contributed by atoms with Gasteiger partial charge in [-0.3, -0.25) is 4.79 Å². The molecule has 0 aromatic carbocycles. The number of nitrogens with two attached hydrogens (primary N) is 1. The van der Waals surface area contributed by atoms with Crippen molar-refractivity contribution in [2.75, 3.05) is 11.5 Å². The van der Waals surface area contributed by atoms with Crippen LogP contribution in [0.3, 0.4) is 0 Å². The van der Waals surface area contributed by atoms with E-state index in [1.165, 1.54) is 11.8 Å². The fraction of sp³-hybridized carbons (Fsp3) is 0.500. The molecule has 0 saturated heterocycles. The molecular formula is C10H15N3O2S. The van der Waals surface area contributed by atoms with E-state index in [0.717, 1.165) is 0 Å². The van der Waals surface area contributed by atoms with Gasteiger partial charge in [0, 0.05) is 6.20 Å². The summed E-state index contributed by atoms with van der Waals surface area (Å²) in [5.74, 6) is 0.283. The van der Waals surface area contributed by atoms with Crippen molar-refractivity contribution >= 4 is 23.5 Å². The second-order valence-electron chi connectivity index (χ2n) is 4.14. The molecule has 0 unspecified atom stereocenters. The Bertz CT molecular complexity index is 377. The van der Waals surface area contributed by atoms with Crippen LogP contribution >= 0.6 is 11.8 Å². The minimum Gasteiger partial charge on any atom is -0.459 e. The average molecular weight is 241 g/mol. The second-order valence-corrected chi connectivity index (χ2v) is 5.08. The van der Waals surface area contributed by atoms with E-state index in [9.17, 15) is 4.79 Å². The van der Waals surface area contributed by atoms with Crippen LogP contribution in [0.25, 0.3) is 0 Å². The molecule has 0 aliphatic rings. The Hall–Kier alpha value is -1.30. The van der Waals surface area contributed by atoms with E-state index >= 15 is 0 Å². The molecule has 0 amide bonds. The van der Waals surface area contributed by atoms with Crippen LogP contribution in [0.15, 0.2) is 17.4 Å². The van der Waals surface area contributed by atoms with E-state index in [2.05, 4.69) is 9.97 Å². The normalized spacial score (nSPS) is 11.2. The smallest absolute Gasteiger partial charge is 0.316 e. The number of thioether (sulfide) groups is 1. The maximum Gasteiger partial charge on any atom is 0.316 e. The van der Waals surface area contributed by atoms with Crippen molar-refractivity contribution in [3.8, 4) is 0 Å². The summed E-state index contributed by atoms with van der Waals surface area (Å²) in [6, 6.07) is 1.59. The molecule has 0 bridgehead atoms. The van der Waals surface area contributed by atoms with Crippen LogP contribution in [-0.2, 0) is 9.53 Å². The first-order chi connectivity index (χ1) is 7.37. The van der Waals surface area contributed by atoms with Gasteiger partial charge in [0.2, 0.25) is 0 Å². The van der Waals surface area contributed by atoms with Crippen molar-refractivity contribution in [2.24, 2.45) is 0 Å². The minimum absolute atomic E-state index is 0.181. The van der Waals surface area contributed by atoms with Crippen molar-refractivity contribution in [2.45, 2.75) is 31.5 Å². The second kappa shape index (κ2) is 5.16. The molecule has 0 aliphatic carbocycles. The average Bonchev–Trinajstić information content (AvgIpc) is 2.12. The molecule has 88 valence electrons. The van der Waals surface area contributed by atoms with Crippen molar-refractivity contribution in [3.63, 3.8) is 0 Å². The van der Waals surface area contributed by atoms with Crippen molar-refractivity contribution < 1.29 is 9.53 Å². The number of ether oxygens (including phenoxy) is 1. The van der Waals surface area contributed by atoms with E-state index in [0.29, 0.717) is 11.0 Å². The minimum atomic E-state index is -0.464. The fourth-order valence-corrected chi connectivity index (χ4v) is 1.53. The predicted octanol–water partition coefficient (Wildman–Crippen LogP) is 1.49. The molecule has 6 heteroatoms. The number of nitrogens with zero attached hydrogens (tertiary/aromatic N) is 2. The molecule has 0 aliphatic heterocycles. The van der Waals surface area contributed by atoms with E-state index in [4.69, 9.17) is 10.5 Å². The molecule has 1 heterocycles. The maximum atomic E-state index is 11.4. The molecule has 0 radical (unpaired) electrons. The first-order valence-corrected chi connectivity index (χ1v) is 5.78. The summed E-state index contributed by atoms with van der Waals surface area (Å²) in [5.41, 5.74) is 5.02. The zero-order valence-corrected chi connectivity index (χ0v) is 10.4. The number of anilines is 1. The van der Waals surface area contributed by atoms with Gasteiger partial charge in [0.1, 0.15) is 11.4 Å². The number of esters is 1. The van der Waals surface area contributed by atoms with Crippen LogP contribution in [-0.4, -0.2) is 27.3 Å². The zero-order chi connectivity index (χ0) is 12.2. The van der Waals surface area contributed by atoms with Gasteiger partial charge in [-0.1, -0.05) is 11.8 Å². The quantitative estimate of drug-likeness (QED) is 0.491. The van der Waals surface area contributed by atoms with E-state index in [1.807, 2.05) is 20.8 Å². The van der Waals surface area contributed by atoms with E-state index < -0.39 is 5.60 Å². The predicted molar refractivity (Wildman–Crippen MR) is 63.0 cm³/mol. The Morgan fingerprint density at radius 2 is 2.25 bits per heavy atom. The number of nitrogen functional groups attached to an aromatic ring is 1. The van der Waals surface area contributed by atoms with Crippen LogP contribution in [0.4, 0.5) is 5.82 Å². The van der Waals surface area contributed by atoms with Crippen molar-refractivity contribution in [3.05, 3.63) is 12.3 Å². The van der Waals surface area contributed by atoms with Crippen molar-refractivity contribution in [1.29, 1.82) is 0 Å². The molecule has 0 atom stereocenters. The lowest BCUT2D eigenvalue weighted by molar-refractivity contribution is -0.151. The van der Waals surface area contributed by atoms with Crippen LogP contribution in [0, 0.1) is 0 Å². The van der Waals surface area contributed by atoms with Gasteiger partial charge in [0.05, 0.1) is 5.75 Å². The highest BCUT2D eigenvalue weighted by Gasteiger charge is 2.16. The summed E-state index contributed by atoms with van der Waals surface area (Å²) >= 11 is 1.21. The number of aromatic nitrogens is 2. The number of carbonyl (C=O) groups is 1. The third-order valence-corrected chi connectivity index (χ3v) is 2.23. The molecular weight excluding hydrogens is 226 g/mol. The molecule has 0 spiro atoms. The summed E-state index contributed by atoms with van der Waals surface area (Å²) in [5, 5.41) is 0.478. The standard InChI is InChI=1S/C10H15N3O2S/c1-10(2,3)15-8(14)6-16-9-12-5-4-7(11)13-9/h4-5H,6H2,1-3H3,(H2,11,12,13). The van der Waals surface area contributed by atoms with E-state index in [-0.39, 0.29) is 11.7 Å². The molecule has 1 aromatic rings. The molecule has 2 N–H and O–H groups in total. The Kier molecular flexibility index (Phi) is 4.12. The Morgan fingerprint density at radius 3 is 2.81 bits per heavy atom. The highest BCUT2D eigenvalue weighted by atomic mass is 32.2. The van der Waals surface area contributed by atoms with Gasteiger partial charge < -0.3 is 10.5 Å². The fourth-order valence-electron chi connectivity index (χ4n) is 0.918. The topological polar surface area (TPSA) is 78.1 Å². The molecule has 5 nitrogen and oxygen atoms in total. The van der Waals surface area contributed by atoms with Gasteiger partial charge in [-0.25, -0.2) is 9.97 Å². The molecule has 1 rings (SSSR count). The van der Waals surface area contributed by atoms with Crippen LogP contribution < -0.4 is 5.73 Å². The third kappa shape index (κ3) is 4.97. The lowest BCUT2D eigenvalue weighted by atomic mass is 10.2. The summed E-state index contributed by atoms with van der Waals surface area (Å²) in [6.45, 7) is 5.48. The lowest BCUT2D eigenvalue weighted by Crippen LogP contribution is -2.25. The van der Waals surface area contributed by atoms with Crippen LogP contribution in [0.1, 0.15) is 20.8 Å². The van der Waals surface area contributed by atoms with Crippen LogP contribution in [0.2, 0.25) is 0 Å². The Balaban J connectivity index is 2.43. The SMILES string of the molecule is CC(C)(C)OC(=O)CSc1nccc(N)n1. The highest BCUT2D eigenvalue weighted by Crippen LogP contribution is 2.15. The summed E-state index contributed by atoms with van der Waals surface area (Å²) in [7, 11) is 0. The van der Waals surface area contributed by atoms with Gasteiger partial charge in [-0.2, -0.15) is 0 Å². The molecule has 0 saturated carbocycles. The van der Waals surface area contributed by atoms with Gasteiger partial charge in [0.25, 0.3) is 0 Å². The summed E-state index contributed by atoms with van der Waals surface area (Å²) in [4.78, 5) is 19.3. The monoisotopic (exact) mass is 241 g/mol. The number of hydrogen-bond donors (Lipinski definition) is 1. The Morgan fingerprint density at radius 1 is 1.56 bits per heavy atom. The molecule has 0 fully saturated rings. The van der Waals surface area contributed by atoms with Crippen LogP contribution in [0.5, 0.6) is 0 Å². The summed E-state index contributed by atoms with van der Waals surface area (Å²) < 4.78 is 5.14. The third-order valence-electron chi connectivity index (χ3n) is 1.39. The maximum absolute atomic E-state index is 11.4. The van der Waals surface area contributed by atoms with Crippen molar-refractivity contribution in [1.82, 2.24) is 9.97 Å². The largest absolute Gasteiger partial charge is 0.459 e. The Labute approximate surface area is 98.8 Å². The first kappa shape index (κ1) is 12.8. The molecule has 1 aromatic heterocycles. The lowest BCUT2D eigenvalue weighted by Gasteiger charge is -2.19. The van der Waals surface area contributed by atoms with Gasteiger partial charge in [-0.05, 0) is 26.8 Å². The first-order valence-electron chi connectivity index (χ1n) is 4.80. The summed E-state index contributed by atoms with van der Waals surface area (Å²) in [6.07, 6.45) is 1.56. The van der Waals surface area contributed by atoms with Gasteiger partial charge in [-0.15, -0.1) is 0 Å². The molecule has 16 heavy (non-hydrogen) atoms. The van der Waals surface area contributed by atoms with Gasteiger partial charge in [0.15, 0.2) is 5.16 Å². The number of rotatable bonds is 3. The zero-order valence-electron chi connectivity index (χ0n) is 9.56. The van der Waals surface area contributed by atoms with Gasteiger partial charge >= 0.3 is 5.97 Å². The number of carbonyl (C=O) groups excluding carboxylic acids is 1.